The molecule has 1 aliphatic rings. The highest BCUT2D eigenvalue weighted by molar-refractivity contribution is 14.1. The van der Waals surface area contributed by atoms with E-state index in [1.165, 1.54) is 11.3 Å². The molecule has 1 aromatic rings. The van der Waals surface area contributed by atoms with Gasteiger partial charge in [0, 0.05) is 21.1 Å². The first-order chi connectivity index (χ1) is 9.02. The van der Waals surface area contributed by atoms with E-state index in [9.17, 15) is 4.79 Å². The standard InChI is InChI=1S/C15H21IN2O/c1-11-6-12(2)9-18(8-11)10-15(19)17-14-5-3-4-13(16)7-14/h3-5,7,11-12H,6,8-10H2,1-2H3,(H,17,19)/p+1/t11-,12+. The van der Waals surface area contributed by atoms with Crippen LogP contribution in [0.5, 0.6) is 0 Å². The van der Waals surface area contributed by atoms with Gasteiger partial charge in [0.05, 0.1) is 13.1 Å². The van der Waals surface area contributed by atoms with Gasteiger partial charge < -0.3 is 10.2 Å². The molecule has 1 unspecified atom stereocenters. The first kappa shape index (κ1) is 14.8. The number of carbonyl (C=O) groups excluding carboxylic acids is 1. The number of hydrogen-bond donors (Lipinski definition) is 2. The summed E-state index contributed by atoms with van der Waals surface area (Å²) in [5.41, 5.74) is 0.898. The van der Waals surface area contributed by atoms with Gasteiger partial charge in [-0.1, -0.05) is 19.9 Å². The minimum absolute atomic E-state index is 0.123. The number of hydrogen-bond acceptors (Lipinski definition) is 1. The van der Waals surface area contributed by atoms with Gasteiger partial charge in [0.15, 0.2) is 6.54 Å². The number of rotatable bonds is 3. The fraction of sp³-hybridized carbons (Fsp3) is 0.533. The molecule has 0 saturated carbocycles. The predicted octanol–water partition coefficient (Wildman–Crippen LogP) is 1.79. The number of carbonyl (C=O) groups is 1. The molecule has 3 atom stereocenters. The fourth-order valence-electron chi connectivity index (χ4n) is 3.07. The van der Waals surface area contributed by atoms with Gasteiger partial charge in [-0.05, 0) is 47.2 Å². The van der Waals surface area contributed by atoms with Crippen LogP contribution >= 0.6 is 22.6 Å². The molecule has 19 heavy (non-hydrogen) atoms. The van der Waals surface area contributed by atoms with Crippen molar-refractivity contribution in [3.63, 3.8) is 0 Å². The Balaban J connectivity index is 1.87. The van der Waals surface area contributed by atoms with E-state index < -0.39 is 0 Å². The molecule has 1 fully saturated rings. The number of benzene rings is 1. The highest BCUT2D eigenvalue weighted by Gasteiger charge is 2.26. The Labute approximate surface area is 128 Å². The average Bonchev–Trinajstić information content (AvgIpc) is 2.26. The molecule has 104 valence electrons. The molecule has 1 saturated heterocycles. The van der Waals surface area contributed by atoms with E-state index in [-0.39, 0.29) is 5.91 Å². The second-order valence-corrected chi connectivity index (χ2v) is 7.09. The second kappa shape index (κ2) is 6.70. The van der Waals surface area contributed by atoms with Crippen LogP contribution in [0.2, 0.25) is 0 Å². The summed E-state index contributed by atoms with van der Waals surface area (Å²) < 4.78 is 1.14. The summed E-state index contributed by atoms with van der Waals surface area (Å²) in [5, 5.41) is 3.00. The Bertz CT molecular complexity index is 440. The molecule has 1 aromatic carbocycles. The normalized spacial score (nSPS) is 27.0. The molecule has 3 nitrogen and oxygen atoms in total. The lowest BCUT2D eigenvalue weighted by Crippen LogP contribution is -3.15. The van der Waals surface area contributed by atoms with Crippen molar-refractivity contribution >= 4 is 34.2 Å². The number of halogens is 1. The zero-order valence-corrected chi connectivity index (χ0v) is 13.7. The van der Waals surface area contributed by atoms with E-state index in [1.54, 1.807) is 0 Å². The Kier molecular flexibility index (Phi) is 5.21. The van der Waals surface area contributed by atoms with Crippen molar-refractivity contribution in [2.45, 2.75) is 20.3 Å². The van der Waals surface area contributed by atoms with E-state index in [0.717, 1.165) is 34.2 Å². The smallest absolute Gasteiger partial charge is 0.279 e. The van der Waals surface area contributed by atoms with Crippen molar-refractivity contribution in [3.05, 3.63) is 27.8 Å². The van der Waals surface area contributed by atoms with Crippen LogP contribution in [0.15, 0.2) is 24.3 Å². The van der Waals surface area contributed by atoms with Crippen LogP contribution < -0.4 is 10.2 Å². The number of amides is 1. The Morgan fingerprint density at radius 2 is 2.05 bits per heavy atom. The van der Waals surface area contributed by atoms with E-state index in [2.05, 4.69) is 41.8 Å². The van der Waals surface area contributed by atoms with Crippen LogP contribution in [-0.2, 0) is 4.79 Å². The largest absolute Gasteiger partial charge is 0.327 e. The minimum Gasteiger partial charge on any atom is -0.327 e. The highest BCUT2D eigenvalue weighted by Crippen LogP contribution is 2.13. The average molecular weight is 373 g/mol. The Morgan fingerprint density at radius 1 is 1.37 bits per heavy atom. The Morgan fingerprint density at radius 3 is 2.68 bits per heavy atom. The van der Waals surface area contributed by atoms with Gasteiger partial charge in [-0.2, -0.15) is 0 Å². The SMILES string of the molecule is C[C@@H]1C[C@H](C)C[NH+](CC(=O)Nc2cccc(I)c2)C1. The fourth-order valence-corrected chi connectivity index (χ4v) is 3.61. The lowest BCUT2D eigenvalue weighted by atomic mass is 9.92. The molecule has 2 rings (SSSR count). The van der Waals surface area contributed by atoms with Gasteiger partial charge in [-0.15, -0.1) is 0 Å². The summed E-state index contributed by atoms with van der Waals surface area (Å²) in [6.45, 7) is 7.38. The summed E-state index contributed by atoms with van der Waals surface area (Å²) in [7, 11) is 0. The van der Waals surface area contributed by atoms with Gasteiger partial charge in [0.2, 0.25) is 0 Å². The van der Waals surface area contributed by atoms with Crippen LogP contribution in [-0.4, -0.2) is 25.5 Å². The van der Waals surface area contributed by atoms with Crippen molar-refractivity contribution in [2.24, 2.45) is 11.8 Å². The Hall–Kier alpha value is -0.620. The molecule has 0 bridgehead atoms. The molecule has 0 radical (unpaired) electrons. The van der Waals surface area contributed by atoms with Gasteiger partial charge >= 0.3 is 0 Å². The van der Waals surface area contributed by atoms with Crippen molar-refractivity contribution in [1.29, 1.82) is 0 Å². The first-order valence-electron chi connectivity index (χ1n) is 6.92. The molecule has 4 heteroatoms. The number of anilines is 1. The molecular formula is C15H22IN2O+. The van der Waals surface area contributed by atoms with Crippen LogP contribution in [0.3, 0.4) is 0 Å². The minimum atomic E-state index is 0.123. The summed E-state index contributed by atoms with van der Waals surface area (Å²) in [4.78, 5) is 13.5. The summed E-state index contributed by atoms with van der Waals surface area (Å²) in [5.74, 6) is 1.58. The molecule has 0 aliphatic carbocycles. The summed E-state index contributed by atoms with van der Waals surface area (Å²) in [6.07, 6.45) is 1.29. The molecule has 2 N–H and O–H groups in total. The number of quaternary nitrogens is 1. The van der Waals surface area contributed by atoms with Crippen molar-refractivity contribution in [3.8, 4) is 0 Å². The predicted molar refractivity (Wildman–Crippen MR) is 86.3 cm³/mol. The molecule has 1 heterocycles. The third-order valence-electron chi connectivity index (χ3n) is 3.60. The maximum atomic E-state index is 12.1. The molecule has 0 aromatic heterocycles. The maximum absolute atomic E-state index is 12.1. The van der Waals surface area contributed by atoms with E-state index in [4.69, 9.17) is 0 Å². The van der Waals surface area contributed by atoms with E-state index >= 15 is 0 Å². The van der Waals surface area contributed by atoms with Crippen molar-refractivity contribution in [1.82, 2.24) is 0 Å². The van der Waals surface area contributed by atoms with E-state index in [1.807, 2.05) is 24.3 Å². The second-order valence-electron chi connectivity index (χ2n) is 5.84. The maximum Gasteiger partial charge on any atom is 0.279 e. The van der Waals surface area contributed by atoms with Crippen LogP contribution in [0.4, 0.5) is 5.69 Å². The van der Waals surface area contributed by atoms with Gasteiger partial charge in [-0.3, -0.25) is 4.79 Å². The summed E-state index contributed by atoms with van der Waals surface area (Å²) >= 11 is 2.26. The monoisotopic (exact) mass is 373 g/mol. The lowest BCUT2D eigenvalue weighted by Gasteiger charge is -2.31. The van der Waals surface area contributed by atoms with Crippen LogP contribution in [0.1, 0.15) is 20.3 Å². The number of nitrogens with one attached hydrogen (secondary N) is 2. The van der Waals surface area contributed by atoms with Crippen molar-refractivity contribution < 1.29 is 9.69 Å². The number of likely N-dealkylation sites (tertiary alicyclic amines) is 1. The van der Waals surface area contributed by atoms with Gasteiger partial charge in [0.25, 0.3) is 5.91 Å². The third-order valence-corrected chi connectivity index (χ3v) is 4.27. The van der Waals surface area contributed by atoms with E-state index in [0.29, 0.717) is 6.54 Å². The zero-order valence-electron chi connectivity index (χ0n) is 11.6. The lowest BCUT2D eigenvalue weighted by molar-refractivity contribution is -0.904. The molecular weight excluding hydrogens is 351 g/mol. The highest BCUT2D eigenvalue weighted by atomic mass is 127. The first-order valence-corrected chi connectivity index (χ1v) is 8.00. The van der Waals surface area contributed by atoms with Crippen LogP contribution in [0, 0.1) is 15.4 Å². The summed E-state index contributed by atoms with van der Waals surface area (Å²) in [6, 6.07) is 7.93. The number of piperidine rings is 1. The molecule has 1 amide bonds. The van der Waals surface area contributed by atoms with Crippen LogP contribution in [0.25, 0.3) is 0 Å². The van der Waals surface area contributed by atoms with Crippen molar-refractivity contribution in [2.75, 3.05) is 25.0 Å². The van der Waals surface area contributed by atoms with Gasteiger partial charge in [-0.25, -0.2) is 0 Å². The third kappa shape index (κ3) is 4.76. The van der Waals surface area contributed by atoms with Gasteiger partial charge in [0.1, 0.15) is 0 Å². The molecule has 0 spiro atoms. The molecule has 1 aliphatic heterocycles. The zero-order chi connectivity index (χ0) is 13.8. The topological polar surface area (TPSA) is 33.5 Å². The quantitative estimate of drug-likeness (QED) is 0.779.